The van der Waals surface area contributed by atoms with Crippen molar-refractivity contribution in [3.05, 3.63) is 36.0 Å². The minimum absolute atomic E-state index is 0.0125. The normalized spacial score (nSPS) is 19.0. The minimum atomic E-state index is -0.206. The molecule has 5 nitrogen and oxygen atoms in total. The zero-order chi connectivity index (χ0) is 13.9. The highest BCUT2D eigenvalue weighted by Crippen LogP contribution is 2.30. The van der Waals surface area contributed by atoms with Gasteiger partial charge in [0.1, 0.15) is 6.07 Å². The standard InChI is InChI=1S/C15H15N3O2/c16-7-11-8-17-14-4-2-1-3-13(14)15(11)18-5-6-20-12(9-18)10-19/h1-4,8,12,19H,5-6,9-10H2. The number of rotatable bonds is 2. The summed E-state index contributed by atoms with van der Waals surface area (Å²) in [4.78, 5) is 6.42. The number of aromatic nitrogens is 1. The lowest BCUT2D eigenvalue weighted by Gasteiger charge is -2.34. The smallest absolute Gasteiger partial charge is 0.103 e. The van der Waals surface area contributed by atoms with Crippen LogP contribution in [0.15, 0.2) is 30.5 Å². The maximum Gasteiger partial charge on any atom is 0.103 e. The summed E-state index contributed by atoms with van der Waals surface area (Å²) < 4.78 is 5.47. The fraction of sp³-hybridized carbons (Fsp3) is 0.333. The van der Waals surface area contributed by atoms with Gasteiger partial charge in [-0.05, 0) is 6.07 Å². The van der Waals surface area contributed by atoms with Crippen molar-refractivity contribution in [3.8, 4) is 6.07 Å². The molecule has 1 aliphatic heterocycles. The predicted octanol–water partition coefficient (Wildman–Crippen LogP) is 1.30. The Morgan fingerprint density at radius 2 is 2.30 bits per heavy atom. The van der Waals surface area contributed by atoms with Gasteiger partial charge in [-0.15, -0.1) is 0 Å². The van der Waals surface area contributed by atoms with Crippen molar-refractivity contribution in [1.29, 1.82) is 5.26 Å². The van der Waals surface area contributed by atoms with Crippen LogP contribution in [0.1, 0.15) is 5.56 Å². The monoisotopic (exact) mass is 269 g/mol. The molecule has 2 heterocycles. The van der Waals surface area contributed by atoms with Crippen LogP contribution in [0.5, 0.6) is 0 Å². The summed E-state index contributed by atoms with van der Waals surface area (Å²) >= 11 is 0. The van der Waals surface area contributed by atoms with E-state index >= 15 is 0 Å². The summed E-state index contributed by atoms with van der Waals surface area (Å²) in [7, 11) is 0. The topological polar surface area (TPSA) is 69.4 Å². The summed E-state index contributed by atoms with van der Waals surface area (Å²) in [5, 5.41) is 19.6. The average Bonchev–Trinajstić information content (AvgIpc) is 2.53. The third-order valence-corrected chi connectivity index (χ3v) is 3.53. The molecule has 1 fully saturated rings. The van der Waals surface area contributed by atoms with E-state index in [1.54, 1.807) is 6.20 Å². The van der Waals surface area contributed by atoms with E-state index in [2.05, 4.69) is 16.0 Å². The van der Waals surface area contributed by atoms with Crippen molar-refractivity contribution in [3.63, 3.8) is 0 Å². The fourth-order valence-electron chi connectivity index (χ4n) is 2.58. The van der Waals surface area contributed by atoms with E-state index < -0.39 is 0 Å². The van der Waals surface area contributed by atoms with E-state index in [1.807, 2.05) is 24.3 Å². The van der Waals surface area contributed by atoms with Crippen molar-refractivity contribution in [2.45, 2.75) is 6.10 Å². The number of anilines is 1. The lowest BCUT2D eigenvalue weighted by Crippen LogP contribution is -2.44. The lowest BCUT2D eigenvalue weighted by atomic mass is 10.1. The van der Waals surface area contributed by atoms with Gasteiger partial charge in [-0.25, -0.2) is 0 Å². The molecule has 0 bridgehead atoms. The molecular formula is C15H15N3O2. The van der Waals surface area contributed by atoms with Crippen molar-refractivity contribution in [1.82, 2.24) is 4.98 Å². The number of pyridine rings is 1. The molecule has 1 aromatic carbocycles. The third kappa shape index (κ3) is 2.20. The molecule has 1 atom stereocenters. The van der Waals surface area contributed by atoms with Gasteiger partial charge in [0.15, 0.2) is 0 Å². The van der Waals surface area contributed by atoms with Gasteiger partial charge in [-0.2, -0.15) is 5.26 Å². The van der Waals surface area contributed by atoms with Gasteiger partial charge in [0, 0.05) is 24.7 Å². The molecule has 0 aliphatic carbocycles. The number of ether oxygens (including phenoxy) is 1. The first-order valence-electron chi connectivity index (χ1n) is 6.58. The van der Waals surface area contributed by atoms with E-state index in [4.69, 9.17) is 4.74 Å². The number of benzene rings is 1. The first-order valence-corrected chi connectivity index (χ1v) is 6.58. The maximum absolute atomic E-state index is 9.33. The van der Waals surface area contributed by atoms with E-state index in [0.717, 1.165) is 16.6 Å². The van der Waals surface area contributed by atoms with Crippen LogP contribution in [-0.2, 0) is 4.74 Å². The van der Waals surface area contributed by atoms with Crippen LogP contribution >= 0.6 is 0 Å². The van der Waals surface area contributed by atoms with Gasteiger partial charge in [0.05, 0.1) is 36.1 Å². The largest absolute Gasteiger partial charge is 0.394 e. The van der Waals surface area contributed by atoms with Gasteiger partial charge in [-0.3, -0.25) is 4.98 Å². The number of hydrogen-bond donors (Lipinski definition) is 1. The van der Waals surface area contributed by atoms with Crippen LogP contribution in [0, 0.1) is 11.3 Å². The molecule has 1 N–H and O–H groups in total. The summed E-state index contributed by atoms with van der Waals surface area (Å²) in [6.45, 7) is 1.83. The first kappa shape index (κ1) is 12.9. The maximum atomic E-state index is 9.33. The molecule has 1 saturated heterocycles. The highest BCUT2D eigenvalue weighted by molar-refractivity contribution is 5.94. The van der Waals surface area contributed by atoms with Crippen LogP contribution in [0.4, 0.5) is 5.69 Å². The third-order valence-electron chi connectivity index (χ3n) is 3.53. The van der Waals surface area contributed by atoms with Crippen molar-refractivity contribution in [2.24, 2.45) is 0 Å². The Kier molecular flexibility index (Phi) is 3.50. The Balaban J connectivity index is 2.11. The first-order chi connectivity index (χ1) is 9.83. The minimum Gasteiger partial charge on any atom is -0.394 e. The number of morpholine rings is 1. The van der Waals surface area contributed by atoms with E-state index in [0.29, 0.717) is 25.3 Å². The number of nitriles is 1. The molecule has 1 aromatic heterocycles. The highest BCUT2D eigenvalue weighted by atomic mass is 16.5. The van der Waals surface area contributed by atoms with Gasteiger partial charge in [0.25, 0.3) is 0 Å². The van der Waals surface area contributed by atoms with E-state index in [-0.39, 0.29) is 12.7 Å². The summed E-state index contributed by atoms with van der Waals surface area (Å²) in [6.07, 6.45) is 1.41. The van der Waals surface area contributed by atoms with Gasteiger partial charge in [0.2, 0.25) is 0 Å². The van der Waals surface area contributed by atoms with E-state index in [9.17, 15) is 10.4 Å². The number of hydrogen-bond acceptors (Lipinski definition) is 5. The predicted molar refractivity (Wildman–Crippen MR) is 75.5 cm³/mol. The number of para-hydroxylation sites is 1. The Hall–Kier alpha value is -2.16. The summed E-state index contributed by atoms with van der Waals surface area (Å²) in [6, 6.07) is 9.99. The summed E-state index contributed by atoms with van der Waals surface area (Å²) in [5.41, 5.74) is 2.32. The number of nitrogens with zero attached hydrogens (tertiary/aromatic N) is 3. The average molecular weight is 269 g/mol. The molecule has 0 radical (unpaired) electrons. The Labute approximate surface area is 117 Å². The van der Waals surface area contributed by atoms with Gasteiger partial charge in [-0.1, -0.05) is 18.2 Å². The van der Waals surface area contributed by atoms with Crippen LogP contribution in [-0.4, -0.2) is 42.5 Å². The number of aliphatic hydroxyl groups excluding tert-OH is 1. The van der Waals surface area contributed by atoms with Gasteiger partial charge < -0.3 is 14.7 Å². The van der Waals surface area contributed by atoms with Crippen LogP contribution in [0.25, 0.3) is 10.9 Å². The quantitative estimate of drug-likeness (QED) is 0.890. The molecule has 0 saturated carbocycles. The molecule has 3 rings (SSSR count). The molecule has 0 spiro atoms. The number of fused-ring (bicyclic) bond motifs is 1. The van der Waals surface area contributed by atoms with Crippen molar-refractivity contribution < 1.29 is 9.84 Å². The second-order valence-corrected chi connectivity index (χ2v) is 4.77. The highest BCUT2D eigenvalue weighted by Gasteiger charge is 2.23. The van der Waals surface area contributed by atoms with Crippen molar-refractivity contribution >= 4 is 16.6 Å². The van der Waals surface area contributed by atoms with Gasteiger partial charge >= 0.3 is 0 Å². The fourth-order valence-corrected chi connectivity index (χ4v) is 2.58. The molecule has 0 amide bonds. The van der Waals surface area contributed by atoms with Crippen molar-refractivity contribution in [2.75, 3.05) is 31.2 Å². The SMILES string of the molecule is N#Cc1cnc2ccccc2c1N1CCOC(CO)C1. The molecule has 102 valence electrons. The molecular weight excluding hydrogens is 254 g/mol. The zero-order valence-electron chi connectivity index (χ0n) is 11.0. The molecule has 1 aliphatic rings. The second kappa shape index (κ2) is 5.45. The second-order valence-electron chi connectivity index (χ2n) is 4.77. The Morgan fingerprint density at radius 3 is 3.10 bits per heavy atom. The molecule has 1 unspecified atom stereocenters. The lowest BCUT2D eigenvalue weighted by molar-refractivity contribution is 0.00362. The molecule has 20 heavy (non-hydrogen) atoms. The number of aliphatic hydroxyl groups is 1. The molecule has 5 heteroatoms. The molecule has 2 aromatic rings. The Morgan fingerprint density at radius 1 is 1.45 bits per heavy atom. The van der Waals surface area contributed by atoms with Crippen LogP contribution in [0.3, 0.4) is 0 Å². The van der Waals surface area contributed by atoms with E-state index in [1.165, 1.54) is 0 Å². The summed E-state index contributed by atoms with van der Waals surface area (Å²) in [5.74, 6) is 0. The van der Waals surface area contributed by atoms with Crippen LogP contribution in [0.2, 0.25) is 0 Å². The zero-order valence-corrected chi connectivity index (χ0v) is 11.0. The van der Waals surface area contributed by atoms with Crippen LogP contribution < -0.4 is 4.90 Å². The Bertz CT molecular complexity index is 666.